The minimum atomic E-state index is -0.611. The Morgan fingerprint density at radius 1 is 1.18 bits per heavy atom. The van der Waals surface area contributed by atoms with Gasteiger partial charge in [0.2, 0.25) is 0 Å². The van der Waals surface area contributed by atoms with Crippen LogP contribution >= 0.6 is 11.6 Å². The molecule has 1 aromatic carbocycles. The van der Waals surface area contributed by atoms with Crippen molar-refractivity contribution in [1.29, 1.82) is 0 Å². The third kappa shape index (κ3) is 3.05. The first-order chi connectivity index (χ1) is 7.81. The van der Waals surface area contributed by atoms with Crippen LogP contribution in [0.25, 0.3) is 0 Å². The minimum absolute atomic E-state index is 0.261. The Bertz CT molecular complexity index is 396. The molecule has 17 heavy (non-hydrogen) atoms. The van der Waals surface area contributed by atoms with Gasteiger partial charge in [0.25, 0.3) is 0 Å². The Balaban J connectivity index is 3.25. The van der Waals surface area contributed by atoms with E-state index in [1.165, 1.54) is 7.11 Å². The van der Waals surface area contributed by atoms with E-state index in [4.69, 9.17) is 21.1 Å². The van der Waals surface area contributed by atoms with Gasteiger partial charge in [-0.25, -0.2) is 0 Å². The lowest BCUT2D eigenvalue weighted by Gasteiger charge is -2.27. The van der Waals surface area contributed by atoms with E-state index in [1.54, 1.807) is 19.2 Å². The van der Waals surface area contributed by atoms with E-state index in [9.17, 15) is 5.11 Å². The van der Waals surface area contributed by atoms with E-state index >= 15 is 0 Å². The van der Waals surface area contributed by atoms with E-state index in [0.29, 0.717) is 16.5 Å². The number of benzene rings is 1. The second kappa shape index (κ2) is 5.15. The fraction of sp³-hybridized carbons (Fsp3) is 0.538. The second-order valence-corrected chi connectivity index (χ2v) is 5.41. The third-order valence-electron chi connectivity index (χ3n) is 2.59. The van der Waals surface area contributed by atoms with Gasteiger partial charge < -0.3 is 14.6 Å². The monoisotopic (exact) mass is 258 g/mol. The summed E-state index contributed by atoms with van der Waals surface area (Å²) in [7, 11) is 3.07. The van der Waals surface area contributed by atoms with Gasteiger partial charge in [0.1, 0.15) is 0 Å². The molecular weight excluding hydrogens is 240 g/mol. The highest BCUT2D eigenvalue weighted by Crippen LogP contribution is 2.41. The van der Waals surface area contributed by atoms with Gasteiger partial charge >= 0.3 is 0 Å². The molecule has 0 amide bonds. The van der Waals surface area contributed by atoms with Crippen molar-refractivity contribution < 1.29 is 14.6 Å². The summed E-state index contributed by atoms with van der Waals surface area (Å²) in [6.45, 7) is 5.88. The van der Waals surface area contributed by atoms with Crippen LogP contribution in [0, 0.1) is 5.41 Å². The molecule has 1 rings (SSSR count). The zero-order valence-corrected chi connectivity index (χ0v) is 11.6. The maximum absolute atomic E-state index is 10.2. The standard InChI is InChI=1S/C13H19ClO3/c1-13(2,3)12(15)8-6-9(14)11(17-5)10(7-8)16-4/h6-7,12,15H,1-5H3. The molecule has 0 heterocycles. The molecule has 1 unspecified atom stereocenters. The SMILES string of the molecule is COc1cc(C(O)C(C)(C)C)cc(Cl)c1OC. The Hall–Kier alpha value is -0.930. The van der Waals surface area contributed by atoms with Crippen molar-refractivity contribution >= 4 is 11.6 Å². The van der Waals surface area contributed by atoms with Crippen molar-refractivity contribution in [3.05, 3.63) is 22.7 Å². The predicted octanol–water partition coefficient (Wildman–Crippen LogP) is 3.44. The molecule has 0 saturated carbocycles. The van der Waals surface area contributed by atoms with Gasteiger partial charge in [-0.05, 0) is 23.1 Å². The number of aliphatic hydroxyl groups is 1. The highest BCUT2D eigenvalue weighted by atomic mass is 35.5. The molecule has 1 atom stereocenters. The summed E-state index contributed by atoms with van der Waals surface area (Å²) < 4.78 is 10.3. The fourth-order valence-corrected chi connectivity index (χ4v) is 1.89. The average Bonchev–Trinajstić information content (AvgIpc) is 2.25. The molecule has 0 radical (unpaired) electrons. The molecule has 3 nitrogen and oxygen atoms in total. The summed E-state index contributed by atoms with van der Waals surface area (Å²) in [6, 6.07) is 3.46. The zero-order valence-electron chi connectivity index (χ0n) is 10.9. The molecule has 0 aliphatic carbocycles. The van der Waals surface area contributed by atoms with E-state index in [-0.39, 0.29) is 5.41 Å². The maximum atomic E-state index is 10.2. The smallest absolute Gasteiger partial charge is 0.179 e. The topological polar surface area (TPSA) is 38.7 Å². The van der Waals surface area contributed by atoms with E-state index in [0.717, 1.165) is 5.56 Å². The summed E-state index contributed by atoms with van der Waals surface area (Å²) in [4.78, 5) is 0. The molecule has 96 valence electrons. The van der Waals surface area contributed by atoms with Gasteiger partial charge in [-0.15, -0.1) is 0 Å². The van der Waals surface area contributed by atoms with E-state index in [2.05, 4.69) is 0 Å². The number of hydrogen-bond donors (Lipinski definition) is 1. The van der Waals surface area contributed by atoms with Crippen molar-refractivity contribution in [2.24, 2.45) is 5.41 Å². The first-order valence-electron chi connectivity index (χ1n) is 5.40. The lowest BCUT2D eigenvalue weighted by Crippen LogP contribution is -2.17. The molecule has 1 aromatic rings. The van der Waals surface area contributed by atoms with Crippen molar-refractivity contribution in [3.8, 4) is 11.5 Å². The molecular formula is C13H19ClO3. The van der Waals surface area contributed by atoms with Gasteiger partial charge in [0.05, 0.1) is 25.3 Å². The van der Waals surface area contributed by atoms with Gasteiger partial charge in [0.15, 0.2) is 11.5 Å². The Kier molecular flexibility index (Phi) is 4.28. The Morgan fingerprint density at radius 3 is 2.18 bits per heavy atom. The van der Waals surface area contributed by atoms with Gasteiger partial charge in [0, 0.05) is 0 Å². The summed E-state index contributed by atoms with van der Waals surface area (Å²) in [6.07, 6.45) is -0.611. The van der Waals surface area contributed by atoms with Gasteiger partial charge in [-0.1, -0.05) is 32.4 Å². The number of halogens is 1. The van der Waals surface area contributed by atoms with Crippen molar-refractivity contribution in [2.45, 2.75) is 26.9 Å². The minimum Gasteiger partial charge on any atom is -0.493 e. The summed E-state index contributed by atoms with van der Waals surface area (Å²) in [5.41, 5.74) is 0.461. The first kappa shape index (κ1) is 14.1. The third-order valence-corrected chi connectivity index (χ3v) is 2.87. The molecule has 0 saturated heterocycles. The van der Waals surface area contributed by atoms with Crippen LogP contribution in [0.5, 0.6) is 11.5 Å². The normalized spacial score (nSPS) is 13.4. The summed E-state index contributed by atoms with van der Waals surface area (Å²) in [5, 5.41) is 10.6. The molecule has 0 aliphatic rings. The van der Waals surface area contributed by atoms with Crippen LogP contribution in [-0.4, -0.2) is 19.3 Å². The highest BCUT2D eigenvalue weighted by molar-refractivity contribution is 6.32. The van der Waals surface area contributed by atoms with E-state index in [1.807, 2.05) is 20.8 Å². The largest absolute Gasteiger partial charge is 0.493 e. The Labute approximate surface area is 107 Å². The van der Waals surface area contributed by atoms with Gasteiger partial charge in [-0.2, -0.15) is 0 Å². The van der Waals surface area contributed by atoms with Crippen LogP contribution in [0.1, 0.15) is 32.4 Å². The molecule has 4 heteroatoms. The molecule has 0 bridgehead atoms. The van der Waals surface area contributed by atoms with Crippen LogP contribution < -0.4 is 9.47 Å². The van der Waals surface area contributed by atoms with Crippen LogP contribution in [0.15, 0.2) is 12.1 Å². The zero-order chi connectivity index (χ0) is 13.2. The fourth-order valence-electron chi connectivity index (χ4n) is 1.60. The second-order valence-electron chi connectivity index (χ2n) is 5.01. The molecule has 1 N–H and O–H groups in total. The predicted molar refractivity (Wildman–Crippen MR) is 69.0 cm³/mol. The Morgan fingerprint density at radius 2 is 1.76 bits per heavy atom. The van der Waals surface area contributed by atoms with Crippen LogP contribution in [0.4, 0.5) is 0 Å². The molecule has 0 spiro atoms. The van der Waals surface area contributed by atoms with E-state index < -0.39 is 6.10 Å². The number of hydrogen-bond acceptors (Lipinski definition) is 3. The number of ether oxygens (including phenoxy) is 2. The molecule has 0 aliphatic heterocycles. The molecule has 0 aromatic heterocycles. The van der Waals surface area contributed by atoms with Crippen molar-refractivity contribution in [2.75, 3.05) is 14.2 Å². The van der Waals surface area contributed by atoms with Crippen molar-refractivity contribution in [1.82, 2.24) is 0 Å². The number of methoxy groups -OCH3 is 2. The van der Waals surface area contributed by atoms with Crippen LogP contribution in [-0.2, 0) is 0 Å². The lowest BCUT2D eigenvalue weighted by atomic mass is 9.85. The average molecular weight is 259 g/mol. The van der Waals surface area contributed by atoms with Crippen LogP contribution in [0.2, 0.25) is 5.02 Å². The highest BCUT2D eigenvalue weighted by Gasteiger charge is 2.25. The molecule has 0 fully saturated rings. The maximum Gasteiger partial charge on any atom is 0.179 e. The number of aliphatic hydroxyl groups excluding tert-OH is 1. The quantitative estimate of drug-likeness (QED) is 0.903. The first-order valence-corrected chi connectivity index (χ1v) is 5.78. The van der Waals surface area contributed by atoms with Crippen molar-refractivity contribution in [3.63, 3.8) is 0 Å². The number of rotatable bonds is 3. The van der Waals surface area contributed by atoms with Crippen LogP contribution in [0.3, 0.4) is 0 Å². The summed E-state index contributed by atoms with van der Waals surface area (Å²) in [5.74, 6) is 1.01. The summed E-state index contributed by atoms with van der Waals surface area (Å²) >= 11 is 6.09. The lowest BCUT2D eigenvalue weighted by molar-refractivity contribution is 0.0624. The van der Waals surface area contributed by atoms with Gasteiger partial charge in [-0.3, -0.25) is 0 Å².